The number of nitrogens with zero attached hydrogens (tertiary/aromatic N) is 2. The molecule has 0 spiro atoms. The number of hydrogen-bond acceptors (Lipinski definition) is 5. The minimum Gasteiger partial charge on any atom is -0.370 e. The molecule has 0 fully saturated rings. The zero-order valence-electron chi connectivity index (χ0n) is 15.1. The molecule has 136 valence electrons. The van der Waals surface area contributed by atoms with Crippen molar-refractivity contribution in [3.63, 3.8) is 0 Å². The van der Waals surface area contributed by atoms with Crippen molar-refractivity contribution in [2.45, 2.75) is 20.3 Å². The highest BCUT2D eigenvalue weighted by atomic mass is 16.1. The van der Waals surface area contributed by atoms with E-state index in [9.17, 15) is 4.79 Å². The number of rotatable bonds is 8. The molecular weight excluding hydrogens is 328 g/mol. The van der Waals surface area contributed by atoms with E-state index in [1.807, 2.05) is 50.4 Å². The third-order valence-corrected chi connectivity index (χ3v) is 3.97. The summed E-state index contributed by atoms with van der Waals surface area (Å²) < 4.78 is 0. The number of nitrogens with one attached hydrogen (secondary N) is 4. The van der Waals surface area contributed by atoms with Gasteiger partial charge >= 0.3 is 0 Å². The van der Waals surface area contributed by atoms with Gasteiger partial charge in [-0.2, -0.15) is 4.98 Å². The topological polar surface area (TPSA) is 94.7 Å². The number of aromatic amines is 1. The number of amides is 1. The molecule has 2 aromatic heterocycles. The molecule has 0 bridgehead atoms. The van der Waals surface area contributed by atoms with Crippen LogP contribution in [-0.2, 0) is 11.2 Å². The molecule has 0 radical (unpaired) electrons. The van der Waals surface area contributed by atoms with Crippen LogP contribution in [-0.4, -0.2) is 40.5 Å². The van der Waals surface area contributed by atoms with Crippen LogP contribution in [0.3, 0.4) is 0 Å². The van der Waals surface area contributed by atoms with Crippen LogP contribution < -0.4 is 16.0 Å². The Balaban J connectivity index is 1.47. The number of carbonyl (C=O) groups excluding carboxylic acids is 1. The smallest absolute Gasteiger partial charge is 0.224 e. The number of fused-ring (bicyclic) bond motifs is 1. The highest BCUT2D eigenvalue weighted by Gasteiger charge is 2.08. The number of anilines is 2. The van der Waals surface area contributed by atoms with Crippen molar-refractivity contribution in [1.29, 1.82) is 0 Å². The first-order valence-electron chi connectivity index (χ1n) is 8.81. The van der Waals surface area contributed by atoms with Gasteiger partial charge in [-0.25, -0.2) is 4.98 Å². The molecular formula is C19H24N6O. The molecule has 3 rings (SSSR count). The average molecular weight is 352 g/mol. The zero-order valence-corrected chi connectivity index (χ0v) is 15.1. The Bertz CT molecular complexity index is 889. The van der Waals surface area contributed by atoms with Gasteiger partial charge in [0.25, 0.3) is 0 Å². The van der Waals surface area contributed by atoms with E-state index in [1.165, 1.54) is 0 Å². The van der Waals surface area contributed by atoms with Gasteiger partial charge in [-0.3, -0.25) is 4.79 Å². The molecule has 0 atom stereocenters. The zero-order chi connectivity index (χ0) is 18.4. The molecule has 0 saturated heterocycles. The monoisotopic (exact) mass is 352 g/mol. The van der Waals surface area contributed by atoms with Crippen molar-refractivity contribution < 1.29 is 4.79 Å². The first-order chi connectivity index (χ1) is 12.7. The van der Waals surface area contributed by atoms with Gasteiger partial charge in [-0.05, 0) is 25.5 Å². The lowest BCUT2D eigenvalue weighted by Gasteiger charge is -2.09. The van der Waals surface area contributed by atoms with Crippen LogP contribution in [0.25, 0.3) is 10.9 Å². The van der Waals surface area contributed by atoms with Crippen molar-refractivity contribution in [3.05, 3.63) is 47.8 Å². The summed E-state index contributed by atoms with van der Waals surface area (Å²) in [6, 6.07) is 9.88. The Morgan fingerprint density at radius 3 is 2.85 bits per heavy atom. The fourth-order valence-electron chi connectivity index (χ4n) is 2.81. The molecule has 26 heavy (non-hydrogen) atoms. The van der Waals surface area contributed by atoms with Crippen LogP contribution in [0.5, 0.6) is 0 Å². The first kappa shape index (κ1) is 17.7. The van der Waals surface area contributed by atoms with Crippen molar-refractivity contribution >= 4 is 28.6 Å². The highest BCUT2D eigenvalue weighted by molar-refractivity contribution is 5.88. The Kier molecular flexibility index (Phi) is 5.68. The minimum atomic E-state index is -0.00458. The summed E-state index contributed by atoms with van der Waals surface area (Å²) in [6.07, 6.45) is 2.25. The number of carbonyl (C=O) groups is 1. The number of aromatic nitrogens is 3. The average Bonchev–Trinajstić information content (AvgIpc) is 3.02. The molecule has 2 heterocycles. The van der Waals surface area contributed by atoms with E-state index in [2.05, 4.69) is 30.9 Å². The van der Waals surface area contributed by atoms with E-state index >= 15 is 0 Å². The minimum absolute atomic E-state index is 0.00458. The van der Waals surface area contributed by atoms with Crippen LogP contribution in [0.1, 0.15) is 18.2 Å². The number of H-pyrrole nitrogens is 1. The van der Waals surface area contributed by atoms with Gasteiger partial charge in [0.2, 0.25) is 11.9 Å². The first-order valence-corrected chi connectivity index (χ1v) is 8.81. The van der Waals surface area contributed by atoms with Crippen molar-refractivity contribution in [2.24, 2.45) is 0 Å². The summed E-state index contributed by atoms with van der Waals surface area (Å²) in [5.41, 5.74) is 2.94. The third-order valence-electron chi connectivity index (χ3n) is 3.97. The second kappa shape index (κ2) is 8.33. The maximum atomic E-state index is 12.2. The van der Waals surface area contributed by atoms with Crippen molar-refractivity contribution in [3.8, 4) is 0 Å². The Morgan fingerprint density at radius 1 is 1.15 bits per heavy atom. The molecule has 0 unspecified atom stereocenters. The maximum Gasteiger partial charge on any atom is 0.224 e. The molecule has 3 aromatic rings. The third kappa shape index (κ3) is 4.50. The molecule has 0 saturated carbocycles. The van der Waals surface area contributed by atoms with E-state index in [0.717, 1.165) is 34.5 Å². The summed E-state index contributed by atoms with van der Waals surface area (Å²) in [5.74, 6) is 1.35. The molecule has 7 nitrogen and oxygen atoms in total. The van der Waals surface area contributed by atoms with Crippen LogP contribution in [0.4, 0.5) is 11.8 Å². The van der Waals surface area contributed by atoms with Crippen LogP contribution >= 0.6 is 0 Å². The van der Waals surface area contributed by atoms with Gasteiger partial charge in [-0.1, -0.05) is 18.2 Å². The summed E-state index contributed by atoms with van der Waals surface area (Å²) in [6.45, 7) is 5.83. The maximum absolute atomic E-state index is 12.2. The number of benzene rings is 1. The normalized spacial score (nSPS) is 10.7. The van der Waals surface area contributed by atoms with E-state index in [4.69, 9.17) is 0 Å². The SMILES string of the molecule is CCNc1cc(C)nc(NCCNC(=O)Cc2c[nH]c3ccccc23)n1. The van der Waals surface area contributed by atoms with Gasteiger partial charge in [0.15, 0.2) is 0 Å². The molecule has 7 heteroatoms. The van der Waals surface area contributed by atoms with Crippen LogP contribution in [0.15, 0.2) is 36.5 Å². The summed E-state index contributed by atoms with van der Waals surface area (Å²) in [4.78, 5) is 24.1. The predicted molar refractivity (Wildman–Crippen MR) is 104 cm³/mol. The molecule has 1 aromatic carbocycles. The molecule has 0 aliphatic carbocycles. The lowest BCUT2D eigenvalue weighted by molar-refractivity contribution is -0.120. The van der Waals surface area contributed by atoms with Crippen molar-refractivity contribution in [2.75, 3.05) is 30.3 Å². The summed E-state index contributed by atoms with van der Waals surface area (Å²) in [5, 5.41) is 10.3. The lowest BCUT2D eigenvalue weighted by atomic mass is 10.1. The largest absolute Gasteiger partial charge is 0.370 e. The molecule has 0 aliphatic rings. The number of para-hydroxylation sites is 1. The Morgan fingerprint density at radius 2 is 2.00 bits per heavy atom. The quantitative estimate of drug-likeness (QED) is 0.467. The lowest BCUT2D eigenvalue weighted by Crippen LogP contribution is -2.30. The van der Waals surface area contributed by atoms with Crippen LogP contribution in [0, 0.1) is 6.92 Å². The van der Waals surface area contributed by atoms with E-state index in [0.29, 0.717) is 25.5 Å². The summed E-state index contributed by atoms with van der Waals surface area (Å²) in [7, 11) is 0. The highest BCUT2D eigenvalue weighted by Crippen LogP contribution is 2.17. The van der Waals surface area contributed by atoms with E-state index in [1.54, 1.807) is 0 Å². The standard InChI is InChI=1S/C19H24N6O/c1-3-20-17-10-13(2)24-19(25-17)22-9-8-21-18(26)11-14-12-23-16-7-5-4-6-15(14)16/h4-7,10,12,23H,3,8-9,11H2,1-2H3,(H,21,26)(H2,20,22,24,25). The van der Waals surface area contributed by atoms with Crippen LogP contribution in [0.2, 0.25) is 0 Å². The van der Waals surface area contributed by atoms with E-state index in [-0.39, 0.29) is 5.91 Å². The number of aryl methyl sites for hydroxylation is 1. The van der Waals surface area contributed by atoms with Gasteiger partial charge in [-0.15, -0.1) is 0 Å². The molecule has 1 amide bonds. The Hall–Kier alpha value is -3.09. The molecule has 4 N–H and O–H groups in total. The van der Waals surface area contributed by atoms with E-state index < -0.39 is 0 Å². The van der Waals surface area contributed by atoms with Gasteiger partial charge in [0.05, 0.1) is 6.42 Å². The summed E-state index contributed by atoms with van der Waals surface area (Å²) >= 11 is 0. The Labute approximate surface area is 152 Å². The molecule has 0 aliphatic heterocycles. The second-order valence-electron chi connectivity index (χ2n) is 6.06. The predicted octanol–water partition coefficient (Wildman–Crippen LogP) is 2.47. The fraction of sp³-hybridized carbons (Fsp3) is 0.316. The van der Waals surface area contributed by atoms with Gasteiger partial charge < -0.3 is 20.9 Å². The second-order valence-corrected chi connectivity index (χ2v) is 6.06. The number of hydrogen-bond donors (Lipinski definition) is 4. The fourth-order valence-corrected chi connectivity index (χ4v) is 2.81. The van der Waals surface area contributed by atoms with Gasteiger partial charge in [0, 0.05) is 48.5 Å². The van der Waals surface area contributed by atoms with Crippen molar-refractivity contribution in [1.82, 2.24) is 20.3 Å². The van der Waals surface area contributed by atoms with Gasteiger partial charge in [0.1, 0.15) is 5.82 Å².